The predicted molar refractivity (Wildman–Crippen MR) is 143 cm³/mol. The lowest BCUT2D eigenvalue weighted by Gasteiger charge is -2.56. The molecule has 4 bridgehead atoms. The second-order valence-corrected chi connectivity index (χ2v) is 11.7. The smallest absolute Gasteiger partial charge is 0.319 e. The van der Waals surface area contributed by atoms with Crippen molar-refractivity contribution in [3.05, 3.63) is 59.7 Å². The molecule has 3 amide bonds. The van der Waals surface area contributed by atoms with E-state index in [9.17, 15) is 9.59 Å². The fourth-order valence-corrected chi connectivity index (χ4v) is 7.75. The molecule has 1 heterocycles. The van der Waals surface area contributed by atoms with Gasteiger partial charge in [0.2, 0.25) is 0 Å². The van der Waals surface area contributed by atoms with Gasteiger partial charge in [0, 0.05) is 36.5 Å². The lowest BCUT2D eigenvalue weighted by atomic mass is 9.53. The first kappa shape index (κ1) is 23.4. The molecule has 3 N–H and O–H groups in total. The average Bonchev–Trinajstić information content (AvgIpc) is 2.87. The van der Waals surface area contributed by atoms with Gasteiger partial charge in [0.15, 0.2) is 0 Å². The Balaban J connectivity index is 1.18. The second-order valence-electron chi connectivity index (χ2n) is 11.7. The number of nitrogens with zero attached hydrogens (tertiary/aromatic N) is 1. The van der Waals surface area contributed by atoms with E-state index < -0.39 is 0 Å². The van der Waals surface area contributed by atoms with Crippen LogP contribution in [0.3, 0.4) is 0 Å². The Morgan fingerprint density at radius 2 is 1.53 bits per heavy atom. The van der Waals surface area contributed by atoms with Crippen LogP contribution in [0, 0.1) is 17.8 Å². The van der Waals surface area contributed by atoms with Gasteiger partial charge in [-0.15, -0.1) is 0 Å². The molecule has 4 saturated carbocycles. The maximum absolute atomic E-state index is 13.4. The van der Waals surface area contributed by atoms with Crippen molar-refractivity contribution >= 4 is 23.3 Å². The topological polar surface area (TPSA) is 73.5 Å². The Morgan fingerprint density at radius 1 is 0.861 bits per heavy atom. The molecule has 0 atom stereocenters. The van der Waals surface area contributed by atoms with Gasteiger partial charge < -0.3 is 20.9 Å². The lowest BCUT2D eigenvalue weighted by molar-refractivity contribution is -0.0127. The van der Waals surface area contributed by atoms with E-state index in [1.807, 2.05) is 48.5 Å². The van der Waals surface area contributed by atoms with Gasteiger partial charge in [0.25, 0.3) is 5.91 Å². The molecule has 6 nitrogen and oxygen atoms in total. The molecule has 36 heavy (non-hydrogen) atoms. The van der Waals surface area contributed by atoms with Gasteiger partial charge in [-0.25, -0.2) is 4.79 Å². The molecule has 0 spiro atoms. The van der Waals surface area contributed by atoms with Crippen LogP contribution in [0.1, 0.15) is 73.7 Å². The van der Waals surface area contributed by atoms with Gasteiger partial charge in [-0.3, -0.25) is 4.79 Å². The lowest BCUT2D eigenvalue weighted by Crippen LogP contribution is -2.60. The summed E-state index contributed by atoms with van der Waals surface area (Å²) in [6.07, 6.45) is 10.9. The first-order valence-corrected chi connectivity index (χ1v) is 13.9. The van der Waals surface area contributed by atoms with Crippen molar-refractivity contribution in [2.75, 3.05) is 23.3 Å². The molecule has 6 heteroatoms. The van der Waals surface area contributed by atoms with E-state index in [2.05, 4.69) is 20.9 Å². The van der Waals surface area contributed by atoms with Crippen LogP contribution < -0.4 is 20.9 Å². The largest absolute Gasteiger partial charge is 0.371 e. The van der Waals surface area contributed by atoms with E-state index in [0.717, 1.165) is 74.2 Å². The zero-order valence-corrected chi connectivity index (χ0v) is 21.1. The Hall–Kier alpha value is -3.02. The van der Waals surface area contributed by atoms with Crippen molar-refractivity contribution < 1.29 is 9.59 Å². The zero-order chi connectivity index (χ0) is 24.5. The molecule has 4 aliphatic carbocycles. The normalized spacial score (nSPS) is 28.6. The van der Waals surface area contributed by atoms with Crippen LogP contribution in [0.5, 0.6) is 0 Å². The van der Waals surface area contributed by atoms with Crippen molar-refractivity contribution in [2.24, 2.45) is 17.8 Å². The van der Waals surface area contributed by atoms with Crippen LogP contribution in [0.4, 0.5) is 16.2 Å². The summed E-state index contributed by atoms with van der Waals surface area (Å²) >= 11 is 0. The number of hydrogen-bond acceptors (Lipinski definition) is 3. The molecule has 1 saturated heterocycles. The van der Waals surface area contributed by atoms with Crippen molar-refractivity contribution in [3.8, 4) is 0 Å². The molecule has 0 radical (unpaired) electrons. The number of hydrogen-bond donors (Lipinski definition) is 3. The molecule has 0 aromatic heterocycles. The minimum Gasteiger partial charge on any atom is -0.371 e. The molecule has 7 rings (SSSR count). The number of urea groups is 1. The van der Waals surface area contributed by atoms with Gasteiger partial charge in [-0.05, 0) is 99.3 Å². The van der Waals surface area contributed by atoms with Crippen LogP contribution in [0.25, 0.3) is 0 Å². The summed E-state index contributed by atoms with van der Waals surface area (Å²) in [5.74, 6) is 2.23. The Kier molecular flexibility index (Phi) is 6.36. The first-order valence-electron chi connectivity index (χ1n) is 13.9. The quantitative estimate of drug-likeness (QED) is 0.491. The molecule has 1 aliphatic heterocycles. The second kappa shape index (κ2) is 9.79. The fraction of sp³-hybridized carbons (Fsp3) is 0.533. The van der Waals surface area contributed by atoms with E-state index >= 15 is 0 Å². The Labute approximate surface area is 214 Å². The van der Waals surface area contributed by atoms with Gasteiger partial charge >= 0.3 is 6.03 Å². The summed E-state index contributed by atoms with van der Waals surface area (Å²) in [4.78, 5) is 28.8. The summed E-state index contributed by atoms with van der Waals surface area (Å²) in [6, 6.07) is 15.6. The molecule has 0 unspecified atom stereocenters. The highest BCUT2D eigenvalue weighted by atomic mass is 16.2. The molecule has 5 fully saturated rings. The molecule has 2 aromatic carbocycles. The van der Waals surface area contributed by atoms with Gasteiger partial charge in [-0.1, -0.05) is 30.3 Å². The number of carbonyl (C=O) groups excluding carboxylic acids is 2. The van der Waals surface area contributed by atoms with Gasteiger partial charge in [-0.2, -0.15) is 0 Å². The number of rotatable bonds is 6. The SMILES string of the molecule is O=C(Nc1ccc(N2CCCCC2)c(C(=O)NCc2ccccc2)c1)NC12CC3CC(CC(C3)C1)C2. The average molecular weight is 487 g/mol. The minimum absolute atomic E-state index is 0.0392. The summed E-state index contributed by atoms with van der Waals surface area (Å²) in [5, 5.41) is 9.54. The van der Waals surface area contributed by atoms with Crippen molar-refractivity contribution in [3.63, 3.8) is 0 Å². The standard InChI is InChI=1S/C30H38N4O2/c35-28(31-20-21-7-3-1-4-8-21)26-16-25(9-10-27(26)34-11-5-2-6-12-34)32-29(36)33-30-17-22-13-23(18-30)15-24(14-22)19-30/h1,3-4,7-10,16,22-24H,2,5-6,11-15,17-20H2,(H,31,35)(H2,32,33,36). The summed E-state index contributed by atoms with van der Waals surface area (Å²) in [6.45, 7) is 2.39. The molecular formula is C30H38N4O2. The summed E-state index contributed by atoms with van der Waals surface area (Å²) in [7, 11) is 0. The van der Waals surface area contributed by atoms with Crippen LogP contribution in [0.2, 0.25) is 0 Å². The van der Waals surface area contributed by atoms with Gasteiger partial charge in [0.05, 0.1) is 5.56 Å². The predicted octanol–water partition coefficient (Wildman–Crippen LogP) is 5.70. The highest BCUT2D eigenvalue weighted by Gasteiger charge is 2.51. The number of nitrogens with one attached hydrogen (secondary N) is 3. The van der Waals surface area contributed by atoms with Gasteiger partial charge in [0.1, 0.15) is 0 Å². The van der Waals surface area contributed by atoms with E-state index in [4.69, 9.17) is 0 Å². The van der Waals surface area contributed by atoms with Crippen molar-refractivity contribution in [1.82, 2.24) is 10.6 Å². The fourth-order valence-electron chi connectivity index (χ4n) is 7.75. The first-order chi connectivity index (χ1) is 17.6. The Morgan fingerprint density at radius 3 is 2.19 bits per heavy atom. The highest BCUT2D eigenvalue weighted by molar-refractivity contribution is 6.02. The number of amides is 3. The third kappa shape index (κ3) is 4.95. The third-order valence-corrected chi connectivity index (χ3v) is 8.91. The van der Waals surface area contributed by atoms with Crippen molar-refractivity contribution in [1.29, 1.82) is 0 Å². The Bertz CT molecular complexity index is 1070. The number of benzene rings is 2. The van der Waals surface area contributed by atoms with E-state index in [0.29, 0.717) is 17.8 Å². The number of carbonyl (C=O) groups is 2. The van der Waals surface area contributed by atoms with Crippen LogP contribution in [0.15, 0.2) is 48.5 Å². The molecular weight excluding hydrogens is 448 g/mol. The van der Waals surface area contributed by atoms with Crippen LogP contribution in [-0.2, 0) is 6.54 Å². The van der Waals surface area contributed by atoms with Crippen LogP contribution in [-0.4, -0.2) is 30.6 Å². The maximum Gasteiger partial charge on any atom is 0.319 e. The molecule has 190 valence electrons. The summed E-state index contributed by atoms with van der Waals surface area (Å²) < 4.78 is 0. The third-order valence-electron chi connectivity index (χ3n) is 8.91. The molecule has 5 aliphatic rings. The van der Waals surface area contributed by atoms with E-state index in [-0.39, 0.29) is 17.5 Å². The van der Waals surface area contributed by atoms with E-state index in [1.165, 1.54) is 25.7 Å². The summed E-state index contributed by atoms with van der Waals surface area (Å²) in [5.41, 5.74) is 3.27. The van der Waals surface area contributed by atoms with Crippen LogP contribution >= 0.6 is 0 Å². The zero-order valence-electron chi connectivity index (χ0n) is 21.1. The highest BCUT2D eigenvalue weighted by Crippen LogP contribution is 2.55. The van der Waals surface area contributed by atoms with E-state index in [1.54, 1.807) is 0 Å². The molecule has 2 aromatic rings. The minimum atomic E-state index is -0.140. The monoisotopic (exact) mass is 486 g/mol. The maximum atomic E-state index is 13.4. The van der Waals surface area contributed by atoms with Crippen molar-refractivity contribution in [2.45, 2.75) is 69.9 Å². The number of anilines is 2. The number of piperidine rings is 1.